The van der Waals surface area contributed by atoms with Gasteiger partial charge in [-0.1, -0.05) is 18.2 Å². The van der Waals surface area contributed by atoms with Gasteiger partial charge < -0.3 is 14.8 Å². The summed E-state index contributed by atoms with van der Waals surface area (Å²) in [7, 11) is 3.29. The Labute approximate surface area is 114 Å². The summed E-state index contributed by atoms with van der Waals surface area (Å²) >= 11 is 0. The third kappa shape index (κ3) is 3.26. The summed E-state index contributed by atoms with van der Waals surface area (Å²) in [5, 5.41) is 3.00. The molecule has 0 aromatic heterocycles. The van der Waals surface area contributed by atoms with Crippen LogP contribution in [0.25, 0.3) is 0 Å². The molecule has 0 heterocycles. The number of hydrogen-bond acceptors (Lipinski definition) is 3. The van der Waals surface area contributed by atoms with E-state index in [9.17, 15) is 4.79 Å². The molecule has 4 heteroatoms. The van der Waals surface area contributed by atoms with Gasteiger partial charge in [0.2, 0.25) is 5.91 Å². The molecular weight excluding hydrogens is 242 g/mol. The molecule has 0 saturated heterocycles. The maximum atomic E-state index is 11.6. The van der Waals surface area contributed by atoms with E-state index >= 15 is 0 Å². The largest absolute Gasteiger partial charge is 0.496 e. The summed E-state index contributed by atoms with van der Waals surface area (Å²) in [6.45, 7) is 1.14. The molecule has 19 heavy (non-hydrogen) atoms. The van der Waals surface area contributed by atoms with Crippen LogP contribution < -0.4 is 10.1 Å². The molecule has 104 valence electrons. The second kappa shape index (κ2) is 6.06. The third-order valence-electron chi connectivity index (χ3n) is 3.69. The second-order valence-corrected chi connectivity index (χ2v) is 5.00. The average molecular weight is 263 g/mol. The van der Waals surface area contributed by atoms with Crippen LogP contribution in [0, 0.1) is 0 Å². The van der Waals surface area contributed by atoms with Gasteiger partial charge in [0.1, 0.15) is 5.75 Å². The molecular formula is C15H21NO3. The van der Waals surface area contributed by atoms with Crippen molar-refractivity contribution in [1.82, 2.24) is 5.32 Å². The lowest BCUT2D eigenvalue weighted by Crippen LogP contribution is -2.32. The number of ether oxygens (including phenoxy) is 2. The van der Waals surface area contributed by atoms with Gasteiger partial charge in [0, 0.05) is 31.1 Å². The Hall–Kier alpha value is -1.55. The maximum Gasteiger partial charge on any atom is 0.222 e. The minimum atomic E-state index is 0.0445. The zero-order valence-corrected chi connectivity index (χ0v) is 11.6. The van der Waals surface area contributed by atoms with E-state index in [1.54, 1.807) is 14.2 Å². The molecule has 0 bridgehead atoms. The molecule has 0 radical (unpaired) electrons. The first-order valence-corrected chi connectivity index (χ1v) is 6.61. The Morgan fingerprint density at radius 1 is 1.32 bits per heavy atom. The van der Waals surface area contributed by atoms with Crippen LogP contribution in [-0.2, 0) is 14.9 Å². The van der Waals surface area contributed by atoms with Gasteiger partial charge in [-0.2, -0.15) is 0 Å². The molecule has 1 aromatic rings. The fourth-order valence-corrected chi connectivity index (χ4v) is 2.33. The van der Waals surface area contributed by atoms with Crippen LogP contribution in [0.15, 0.2) is 24.3 Å². The quantitative estimate of drug-likeness (QED) is 0.817. The highest BCUT2D eigenvalue weighted by atomic mass is 16.5. The number of nitrogens with one attached hydrogen (secondary N) is 1. The van der Waals surface area contributed by atoms with Gasteiger partial charge in [-0.05, 0) is 18.9 Å². The number of methoxy groups -OCH3 is 2. The minimum Gasteiger partial charge on any atom is -0.496 e. The molecule has 1 saturated carbocycles. The zero-order valence-electron chi connectivity index (χ0n) is 11.6. The normalized spacial score (nSPS) is 15.9. The molecule has 1 aliphatic carbocycles. The summed E-state index contributed by atoms with van der Waals surface area (Å²) in [4.78, 5) is 11.6. The molecule has 1 amide bonds. The first-order valence-electron chi connectivity index (χ1n) is 6.61. The summed E-state index contributed by atoms with van der Waals surface area (Å²) < 4.78 is 10.3. The summed E-state index contributed by atoms with van der Waals surface area (Å²) in [6.07, 6.45) is 2.61. The zero-order chi connectivity index (χ0) is 13.7. The lowest BCUT2D eigenvalue weighted by atomic mass is 9.95. The lowest BCUT2D eigenvalue weighted by Gasteiger charge is -2.19. The monoisotopic (exact) mass is 263 g/mol. The van der Waals surface area contributed by atoms with Gasteiger partial charge in [-0.15, -0.1) is 0 Å². The van der Waals surface area contributed by atoms with E-state index < -0.39 is 0 Å². The minimum absolute atomic E-state index is 0.0445. The molecule has 1 aromatic carbocycles. The summed E-state index contributed by atoms with van der Waals surface area (Å²) in [6, 6.07) is 8.05. The SMILES string of the molecule is COCCC(=O)NCC1(c2ccccc2OC)CC1. The first-order chi connectivity index (χ1) is 9.22. The van der Waals surface area contributed by atoms with Crippen molar-refractivity contribution in [3.05, 3.63) is 29.8 Å². The van der Waals surface area contributed by atoms with E-state index in [1.165, 1.54) is 5.56 Å². The molecule has 4 nitrogen and oxygen atoms in total. The van der Waals surface area contributed by atoms with Crippen LogP contribution in [0.4, 0.5) is 0 Å². The van der Waals surface area contributed by atoms with Crippen molar-refractivity contribution < 1.29 is 14.3 Å². The lowest BCUT2D eigenvalue weighted by molar-refractivity contribution is -0.122. The van der Waals surface area contributed by atoms with Crippen LogP contribution in [-0.4, -0.2) is 33.3 Å². The molecule has 1 aliphatic rings. The first kappa shape index (κ1) is 13.9. The molecule has 2 rings (SSSR count). The van der Waals surface area contributed by atoms with Crippen LogP contribution in [0.1, 0.15) is 24.8 Å². The van der Waals surface area contributed by atoms with Gasteiger partial charge in [0.05, 0.1) is 13.7 Å². The second-order valence-electron chi connectivity index (χ2n) is 5.00. The van der Waals surface area contributed by atoms with Gasteiger partial charge in [0.15, 0.2) is 0 Å². The van der Waals surface area contributed by atoms with Gasteiger partial charge in [-0.3, -0.25) is 4.79 Å². The molecule has 0 unspecified atom stereocenters. The van der Waals surface area contributed by atoms with Gasteiger partial charge in [-0.25, -0.2) is 0 Å². The Bertz CT molecular complexity index is 441. The van der Waals surface area contributed by atoms with Crippen molar-refractivity contribution in [1.29, 1.82) is 0 Å². The van der Waals surface area contributed by atoms with E-state index in [2.05, 4.69) is 11.4 Å². The van der Waals surface area contributed by atoms with Gasteiger partial charge in [0.25, 0.3) is 0 Å². The number of carbonyl (C=O) groups excluding carboxylic acids is 1. The fraction of sp³-hybridized carbons (Fsp3) is 0.533. The number of hydrogen-bond donors (Lipinski definition) is 1. The highest BCUT2D eigenvalue weighted by Crippen LogP contribution is 2.50. The van der Waals surface area contributed by atoms with E-state index in [-0.39, 0.29) is 11.3 Å². The number of para-hydroxylation sites is 1. The Morgan fingerprint density at radius 3 is 2.68 bits per heavy atom. The Kier molecular flexibility index (Phi) is 4.43. The highest BCUT2D eigenvalue weighted by molar-refractivity contribution is 5.76. The van der Waals surface area contributed by atoms with E-state index in [1.807, 2.05) is 18.2 Å². The standard InChI is InChI=1S/C15H21NO3/c1-18-10-7-14(17)16-11-15(8-9-15)12-5-3-4-6-13(12)19-2/h3-6H,7-11H2,1-2H3,(H,16,17). The molecule has 1 N–H and O–H groups in total. The summed E-state index contributed by atoms with van der Waals surface area (Å²) in [5.41, 5.74) is 1.26. The summed E-state index contributed by atoms with van der Waals surface area (Å²) in [5.74, 6) is 0.953. The van der Waals surface area contributed by atoms with Crippen molar-refractivity contribution in [2.75, 3.05) is 27.4 Å². The van der Waals surface area contributed by atoms with Crippen molar-refractivity contribution in [2.45, 2.75) is 24.7 Å². The number of rotatable bonds is 7. The third-order valence-corrected chi connectivity index (χ3v) is 3.69. The van der Waals surface area contributed by atoms with Crippen LogP contribution in [0.5, 0.6) is 5.75 Å². The van der Waals surface area contributed by atoms with E-state index in [4.69, 9.17) is 9.47 Å². The van der Waals surface area contributed by atoms with Crippen molar-refractivity contribution in [3.63, 3.8) is 0 Å². The molecule has 1 fully saturated rings. The molecule has 0 spiro atoms. The van der Waals surface area contributed by atoms with Crippen LogP contribution in [0.2, 0.25) is 0 Å². The fourth-order valence-electron chi connectivity index (χ4n) is 2.33. The van der Waals surface area contributed by atoms with E-state index in [0.717, 1.165) is 18.6 Å². The molecule has 0 atom stereocenters. The van der Waals surface area contributed by atoms with Crippen LogP contribution >= 0.6 is 0 Å². The van der Waals surface area contributed by atoms with Crippen molar-refractivity contribution in [2.24, 2.45) is 0 Å². The predicted molar refractivity (Wildman–Crippen MR) is 73.4 cm³/mol. The van der Waals surface area contributed by atoms with Crippen LogP contribution in [0.3, 0.4) is 0 Å². The number of amides is 1. The average Bonchev–Trinajstić information content (AvgIpc) is 3.24. The van der Waals surface area contributed by atoms with E-state index in [0.29, 0.717) is 19.6 Å². The smallest absolute Gasteiger partial charge is 0.222 e. The molecule has 0 aliphatic heterocycles. The predicted octanol–water partition coefficient (Wildman–Crippen LogP) is 1.88. The van der Waals surface area contributed by atoms with Crippen molar-refractivity contribution in [3.8, 4) is 5.75 Å². The maximum absolute atomic E-state index is 11.6. The Balaban J connectivity index is 1.97. The number of carbonyl (C=O) groups is 1. The Morgan fingerprint density at radius 2 is 2.05 bits per heavy atom. The highest BCUT2D eigenvalue weighted by Gasteiger charge is 2.46. The number of benzene rings is 1. The van der Waals surface area contributed by atoms with Gasteiger partial charge >= 0.3 is 0 Å². The topological polar surface area (TPSA) is 47.6 Å². The van der Waals surface area contributed by atoms with Crippen molar-refractivity contribution >= 4 is 5.91 Å².